The fourth-order valence-electron chi connectivity index (χ4n) is 1.93. The lowest BCUT2D eigenvalue weighted by Crippen LogP contribution is -2.35. The summed E-state index contributed by atoms with van der Waals surface area (Å²) in [5.74, 6) is 0.641. The summed E-state index contributed by atoms with van der Waals surface area (Å²) in [6.45, 7) is 10.5. The molecular formula is C18H29NO4. The number of ether oxygens (including phenoxy) is 2. The van der Waals surface area contributed by atoms with Gasteiger partial charge in [-0.2, -0.15) is 0 Å². The van der Waals surface area contributed by atoms with Gasteiger partial charge in [-0.3, -0.25) is 4.79 Å². The van der Waals surface area contributed by atoms with E-state index in [4.69, 9.17) is 9.47 Å². The zero-order valence-electron chi connectivity index (χ0n) is 14.8. The first-order valence-corrected chi connectivity index (χ1v) is 8.09. The van der Waals surface area contributed by atoms with E-state index in [1.807, 2.05) is 27.7 Å². The van der Waals surface area contributed by atoms with Gasteiger partial charge in [-0.1, -0.05) is 13.8 Å². The van der Waals surface area contributed by atoms with Crippen LogP contribution in [0.2, 0.25) is 0 Å². The Morgan fingerprint density at radius 2 is 1.96 bits per heavy atom. The van der Waals surface area contributed by atoms with Crippen molar-refractivity contribution in [2.24, 2.45) is 0 Å². The maximum absolute atomic E-state index is 11.5. The van der Waals surface area contributed by atoms with Crippen LogP contribution in [0.25, 0.3) is 0 Å². The van der Waals surface area contributed by atoms with E-state index in [1.54, 1.807) is 18.2 Å². The van der Waals surface area contributed by atoms with E-state index in [2.05, 4.69) is 5.32 Å². The van der Waals surface area contributed by atoms with Crippen molar-refractivity contribution in [1.29, 1.82) is 0 Å². The summed E-state index contributed by atoms with van der Waals surface area (Å²) in [6, 6.07) is 5.60. The van der Waals surface area contributed by atoms with Gasteiger partial charge in [-0.15, -0.1) is 0 Å². The molecule has 0 saturated carbocycles. The molecule has 0 heterocycles. The molecule has 0 aliphatic carbocycles. The van der Waals surface area contributed by atoms with Crippen molar-refractivity contribution in [3.63, 3.8) is 0 Å². The van der Waals surface area contributed by atoms with Crippen molar-refractivity contribution >= 4 is 5.78 Å². The molecule has 0 saturated heterocycles. The van der Waals surface area contributed by atoms with Gasteiger partial charge in [0.25, 0.3) is 0 Å². The van der Waals surface area contributed by atoms with Crippen molar-refractivity contribution in [2.75, 3.05) is 13.2 Å². The minimum atomic E-state index is -0.594. The van der Waals surface area contributed by atoms with Crippen LogP contribution in [-0.2, 0) is 11.3 Å². The standard InChI is InChI=1S/C18H29NO4/c1-12(2)19-9-17(21)11-23-18-7-6-15(14(5)20)8-16(18)10-22-13(3)4/h6-8,12-13,17,19,21H,9-11H2,1-5H3/t17-/m0/s1. The molecule has 1 aromatic carbocycles. The fraction of sp³-hybridized carbons (Fsp3) is 0.611. The normalized spacial score (nSPS) is 12.7. The maximum atomic E-state index is 11.5. The van der Waals surface area contributed by atoms with Crippen LogP contribution in [0.3, 0.4) is 0 Å². The number of Topliss-reactive ketones (excluding diaryl/α,β-unsaturated/α-hetero) is 1. The largest absolute Gasteiger partial charge is 0.490 e. The van der Waals surface area contributed by atoms with E-state index < -0.39 is 6.10 Å². The van der Waals surface area contributed by atoms with Crippen LogP contribution < -0.4 is 10.1 Å². The molecule has 1 atom stereocenters. The average Bonchev–Trinajstić information content (AvgIpc) is 2.48. The van der Waals surface area contributed by atoms with E-state index in [0.717, 1.165) is 5.56 Å². The summed E-state index contributed by atoms with van der Waals surface area (Å²) in [5.41, 5.74) is 1.44. The summed E-state index contributed by atoms with van der Waals surface area (Å²) in [4.78, 5) is 11.5. The third-order valence-corrected chi connectivity index (χ3v) is 3.23. The van der Waals surface area contributed by atoms with Gasteiger partial charge in [0.15, 0.2) is 5.78 Å². The lowest BCUT2D eigenvalue weighted by Gasteiger charge is -2.18. The predicted octanol–water partition coefficient (Wildman–Crippen LogP) is 2.55. The highest BCUT2D eigenvalue weighted by Crippen LogP contribution is 2.22. The van der Waals surface area contributed by atoms with Crippen LogP contribution in [0.5, 0.6) is 5.75 Å². The van der Waals surface area contributed by atoms with Gasteiger partial charge in [0, 0.05) is 23.7 Å². The predicted molar refractivity (Wildman–Crippen MR) is 91.0 cm³/mol. The second kappa shape index (κ2) is 9.65. The number of aliphatic hydroxyl groups excluding tert-OH is 1. The molecule has 5 nitrogen and oxygen atoms in total. The maximum Gasteiger partial charge on any atom is 0.159 e. The van der Waals surface area contributed by atoms with E-state index in [0.29, 0.717) is 30.5 Å². The molecule has 1 rings (SSSR count). The van der Waals surface area contributed by atoms with Gasteiger partial charge in [0.1, 0.15) is 18.5 Å². The van der Waals surface area contributed by atoms with E-state index >= 15 is 0 Å². The first kappa shape index (κ1) is 19.6. The van der Waals surface area contributed by atoms with Gasteiger partial charge in [0.2, 0.25) is 0 Å². The van der Waals surface area contributed by atoms with Gasteiger partial charge >= 0.3 is 0 Å². The van der Waals surface area contributed by atoms with Gasteiger partial charge < -0.3 is 19.9 Å². The van der Waals surface area contributed by atoms with Crippen LogP contribution in [0.4, 0.5) is 0 Å². The highest BCUT2D eigenvalue weighted by atomic mass is 16.5. The molecule has 1 aromatic rings. The Balaban J connectivity index is 2.73. The number of hydrogen-bond acceptors (Lipinski definition) is 5. The van der Waals surface area contributed by atoms with Crippen LogP contribution in [0, 0.1) is 0 Å². The van der Waals surface area contributed by atoms with E-state index in [1.165, 1.54) is 6.92 Å². The monoisotopic (exact) mass is 323 g/mol. The fourth-order valence-corrected chi connectivity index (χ4v) is 1.93. The van der Waals surface area contributed by atoms with Gasteiger partial charge in [-0.05, 0) is 39.0 Å². The number of ketones is 1. The molecule has 130 valence electrons. The SMILES string of the molecule is CC(=O)c1ccc(OC[C@@H](O)CNC(C)C)c(COC(C)C)c1. The molecule has 5 heteroatoms. The van der Waals surface area contributed by atoms with Crippen molar-refractivity contribution in [3.05, 3.63) is 29.3 Å². The summed E-state index contributed by atoms with van der Waals surface area (Å²) in [5, 5.41) is 13.1. The Bertz CT molecular complexity index is 500. The molecule has 0 aliphatic rings. The number of nitrogens with one attached hydrogen (secondary N) is 1. The van der Waals surface area contributed by atoms with Gasteiger partial charge in [-0.25, -0.2) is 0 Å². The Kier molecular flexibility index (Phi) is 8.23. The lowest BCUT2D eigenvalue weighted by molar-refractivity contribution is 0.0616. The zero-order valence-corrected chi connectivity index (χ0v) is 14.8. The summed E-state index contributed by atoms with van der Waals surface area (Å²) in [6.07, 6.45) is -0.506. The minimum Gasteiger partial charge on any atom is -0.490 e. The second-order valence-corrected chi connectivity index (χ2v) is 6.27. The van der Waals surface area contributed by atoms with Crippen molar-refractivity contribution < 1.29 is 19.4 Å². The average molecular weight is 323 g/mol. The highest BCUT2D eigenvalue weighted by molar-refractivity contribution is 5.94. The zero-order chi connectivity index (χ0) is 17.4. The Morgan fingerprint density at radius 3 is 2.52 bits per heavy atom. The first-order valence-electron chi connectivity index (χ1n) is 8.09. The molecule has 0 radical (unpaired) electrons. The lowest BCUT2D eigenvalue weighted by atomic mass is 10.1. The number of carbonyl (C=O) groups excluding carboxylic acids is 1. The summed E-state index contributed by atoms with van der Waals surface area (Å²) >= 11 is 0. The Morgan fingerprint density at radius 1 is 1.26 bits per heavy atom. The van der Waals surface area contributed by atoms with Crippen molar-refractivity contribution in [1.82, 2.24) is 5.32 Å². The topological polar surface area (TPSA) is 67.8 Å². The van der Waals surface area contributed by atoms with Crippen LogP contribution >= 0.6 is 0 Å². The minimum absolute atomic E-state index is 0.00325. The second-order valence-electron chi connectivity index (χ2n) is 6.27. The number of hydrogen-bond donors (Lipinski definition) is 2. The molecule has 0 aliphatic heterocycles. The molecular weight excluding hydrogens is 294 g/mol. The van der Waals surface area contributed by atoms with Crippen molar-refractivity contribution in [2.45, 2.75) is 59.5 Å². The third kappa shape index (κ3) is 7.59. The molecule has 2 N–H and O–H groups in total. The number of rotatable bonds is 10. The Labute approximate surface area is 139 Å². The van der Waals surface area contributed by atoms with E-state index in [9.17, 15) is 9.90 Å². The molecule has 0 fully saturated rings. The molecule has 0 bridgehead atoms. The van der Waals surface area contributed by atoms with Crippen LogP contribution in [0.15, 0.2) is 18.2 Å². The molecule has 0 unspecified atom stereocenters. The van der Waals surface area contributed by atoms with Crippen LogP contribution in [0.1, 0.15) is 50.5 Å². The molecule has 0 aromatic heterocycles. The molecule has 0 amide bonds. The number of aliphatic hydroxyl groups is 1. The van der Waals surface area contributed by atoms with Crippen LogP contribution in [-0.4, -0.2) is 42.3 Å². The van der Waals surface area contributed by atoms with E-state index in [-0.39, 0.29) is 18.5 Å². The molecule has 23 heavy (non-hydrogen) atoms. The first-order chi connectivity index (χ1) is 10.8. The number of carbonyl (C=O) groups is 1. The molecule has 0 spiro atoms. The van der Waals surface area contributed by atoms with Crippen molar-refractivity contribution in [3.8, 4) is 5.75 Å². The number of benzene rings is 1. The highest BCUT2D eigenvalue weighted by Gasteiger charge is 2.12. The quantitative estimate of drug-likeness (QED) is 0.648. The Hall–Kier alpha value is -1.43. The van der Waals surface area contributed by atoms with Gasteiger partial charge in [0.05, 0.1) is 12.7 Å². The smallest absolute Gasteiger partial charge is 0.159 e. The summed E-state index contributed by atoms with van der Waals surface area (Å²) in [7, 11) is 0. The summed E-state index contributed by atoms with van der Waals surface area (Å²) < 4.78 is 11.3. The third-order valence-electron chi connectivity index (χ3n) is 3.23.